The summed E-state index contributed by atoms with van der Waals surface area (Å²) >= 11 is 0. The average molecular weight is 504 g/mol. The number of piperidine rings is 1. The lowest BCUT2D eigenvalue weighted by Gasteiger charge is -2.43. The highest BCUT2D eigenvalue weighted by molar-refractivity contribution is 5.91. The molecular formula is C33H49N3O. The maximum atomic E-state index is 13.2. The number of hydrogen-bond acceptors (Lipinski definition) is 3. The van der Waals surface area contributed by atoms with Crippen LogP contribution in [0.1, 0.15) is 94.6 Å². The zero-order valence-electron chi connectivity index (χ0n) is 22.9. The van der Waals surface area contributed by atoms with Crippen LogP contribution >= 0.6 is 0 Å². The lowest BCUT2D eigenvalue weighted by molar-refractivity contribution is -0.124. The zero-order chi connectivity index (χ0) is 25.8. The summed E-state index contributed by atoms with van der Waals surface area (Å²) in [6.07, 6.45) is 17.1. The molecule has 1 aliphatic carbocycles. The number of carbonyl (C=O) groups is 1. The van der Waals surface area contributed by atoms with Crippen LogP contribution in [-0.4, -0.2) is 43.0 Å². The van der Waals surface area contributed by atoms with Crippen molar-refractivity contribution in [1.82, 2.24) is 10.2 Å². The molecule has 4 nitrogen and oxygen atoms in total. The van der Waals surface area contributed by atoms with E-state index in [0.29, 0.717) is 0 Å². The number of carbonyl (C=O) groups excluding carboxylic acids is 1. The second-order valence-electron chi connectivity index (χ2n) is 11.4. The van der Waals surface area contributed by atoms with Gasteiger partial charge in [0.05, 0.1) is 0 Å². The molecule has 0 aromatic heterocycles. The summed E-state index contributed by atoms with van der Waals surface area (Å²) in [5.41, 5.74) is 7.53. The first kappa shape index (κ1) is 27.9. The van der Waals surface area contributed by atoms with E-state index in [4.69, 9.17) is 5.73 Å². The topological polar surface area (TPSA) is 58.4 Å². The fourth-order valence-electron chi connectivity index (χ4n) is 6.90. The van der Waals surface area contributed by atoms with Crippen LogP contribution in [0.3, 0.4) is 0 Å². The van der Waals surface area contributed by atoms with Crippen molar-refractivity contribution in [3.63, 3.8) is 0 Å². The predicted octanol–water partition coefficient (Wildman–Crippen LogP) is 6.43. The normalized spacial score (nSPS) is 17.8. The van der Waals surface area contributed by atoms with Crippen molar-refractivity contribution >= 4 is 5.91 Å². The van der Waals surface area contributed by atoms with Gasteiger partial charge in [-0.05, 0) is 81.7 Å². The summed E-state index contributed by atoms with van der Waals surface area (Å²) in [6, 6.07) is 21.3. The highest BCUT2D eigenvalue weighted by Gasteiger charge is 2.47. The number of unbranched alkanes of at least 4 members (excludes halogenated alkanes) is 6. The van der Waals surface area contributed by atoms with Crippen LogP contribution in [0.2, 0.25) is 0 Å². The van der Waals surface area contributed by atoms with E-state index in [2.05, 4.69) is 34.5 Å². The summed E-state index contributed by atoms with van der Waals surface area (Å²) in [6.45, 7) is 4.49. The Labute approximate surface area is 225 Å². The van der Waals surface area contributed by atoms with E-state index in [0.717, 1.165) is 43.1 Å². The molecule has 0 atom stereocenters. The zero-order valence-corrected chi connectivity index (χ0v) is 22.9. The number of benzene rings is 2. The molecule has 3 N–H and O–H groups in total. The van der Waals surface area contributed by atoms with E-state index in [9.17, 15) is 4.79 Å². The number of nitrogens with zero attached hydrogens (tertiary/aromatic N) is 1. The van der Waals surface area contributed by atoms with Gasteiger partial charge in [0, 0.05) is 6.04 Å². The van der Waals surface area contributed by atoms with Gasteiger partial charge < -0.3 is 16.0 Å². The maximum absolute atomic E-state index is 13.2. The Bertz CT molecular complexity index is 862. The van der Waals surface area contributed by atoms with Gasteiger partial charge in [0.15, 0.2) is 0 Å². The summed E-state index contributed by atoms with van der Waals surface area (Å²) in [5, 5.41) is 3.73. The molecule has 2 aromatic carbocycles. The van der Waals surface area contributed by atoms with Crippen LogP contribution < -0.4 is 11.1 Å². The molecule has 1 amide bonds. The third-order valence-corrected chi connectivity index (χ3v) is 8.99. The average Bonchev–Trinajstić information content (AvgIpc) is 3.46. The monoisotopic (exact) mass is 503 g/mol. The number of nitrogens with two attached hydrogens (primary N) is 1. The van der Waals surface area contributed by atoms with Gasteiger partial charge in [-0.2, -0.15) is 0 Å². The van der Waals surface area contributed by atoms with E-state index >= 15 is 0 Å². The molecule has 1 aliphatic heterocycles. The van der Waals surface area contributed by atoms with Crippen molar-refractivity contribution in [3.8, 4) is 0 Å². The number of nitrogens with one attached hydrogen (secondary N) is 1. The fourth-order valence-corrected chi connectivity index (χ4v) is 6.90. The summed E-state index contributed by atoms with van der Waals surface area (Å²) in [7, 11) is 0. The number of hydrogen-bond donors (Lipinski definition) is 2. The van der Waals surface area contributed by atoms with E-state index in [1.54, 1.807) is 0 Å². The second-order valence-corrected chi connectivity index (χ2v) is 11.4. The lowest BCUT2D eigenvalue weighted by atomic mass is 9.62. The van der Waals surface area contributed by atoms with Crippen LogP contribution in [0.25, 0.3) is 0 Å². The smallest absolute Gasteiger partial charge is 0.232 e. The quantitative estimate of drug-likeness (QED) is 0.275. The first-order chi connectivity index (χ1) is 18.2. The van der Waals surface area contributed by atoms with Crippen LogP contribution in [0.15, 0.2) is 60.7 Å². The van der Waals surface area contributed by atoms with Crippen molar-refractivity contribution in [2.24, 2.45) is 11.7 Å². The van der Waals surface area contributed by atoms with E-state index < -0.39 is 5.41 Å². The second kappa shape index (κ2) is 14.7. The number of primary amides is 1. The molecular weight excluding hydrogens is 454 g/mol. The molecule has 0 bridgehead atoms. The minimum atomic E-state index is -0.763. The van der Waals surface area contributed by atoms with Crippen molar-refractivity contribution in [2.75, 3.05) is 26.2 Å². The Kier molecular flexibility index (Phi) is 11.1. The molecule has 1 heterocycles. The Balaban J connectivity index is 1.18. The minimum Gasteiger partial charge on any atom is -0.369 e. The SMILES string of the molecule is NC(=O)C(c1ccccc1)(c1ccccc1)C1CCN(CCCCCCCCCNC2CCCC2)CC1. The molecule has 0 radical (unpaired) electrons. The molecule has 2 aliphatic rings. The number of rotatable bonds is 15. The van der Waals surface area contributed by atoms with Crippen LogP contribution in [0, 0.1) is 5.92 Å². The molecule has 4 rings (SSSR count). The molecule has 1 saturated carbocycles. The van der Waals surface area contributed by atoms with Gasteiger partial charge in [-0.15, -0.1) is 0 Å². The molecule has 1 saturated heterocycles. The third-order valence-electron chi connectivity index (χ3n) is 8.99. The van der Waals surface area contributed by atoms with Crippen molar-refractivity contribution in [3.05, 3.63) is 71.8 Å². The van der Waals surface area contributed by atoms with Gasteiger partial charge in [-0.25, -0.2) is 0 Å². The van der Waals surface area contributed by atoms with Gasteiger partial charge in [-0.1, -0.05) is 106 Å². The molecule has 202 valence electrons. The van der Waals surface area contributed by atoms with E-state index in [1.807, 2.05) is 36.4 Å². The standard InChI is InChI=1S/C33H49N3O/c34-32(37)33(28-16-8-6-9-17-28,29-18-10-7-11-19-29)30-22-26-36(27-23-30)25-15-5-3-1-2-4-14-24-35-31-20-12-13-21-31/h6-11,16-19,30-31,35H,1-5,12-15,20-27H2,(H2,34,37). The molecule has 2 aromatic rings. The van der Waals surface area contributed by atoms with Crippen LogP contribution in [0.4, 0.5) is 0 Å². The molecule has 0 unspecified atom stereocenters. The summed E-state index contributed by atoms with van der Waals surface area (Å²) < 4.78 is 0. The highest BCUT2D eigenvalue weighted by Crippen LogP contribution is 2.44. The van der Waals surface area contributed by atoms with Gasteiger partial charge in [0.2, 0.25) is 5.91 Å². The van der Waals surface area contributed by atoms with Gasteiger partial charge in [-0.3, -0.25) is 4.79 Å². The first-order valence-corrected chi connectivity index (χ1v) is 15.1. The molecule has 4 heteroatoms. The fraction of sp³-hybridized carbons (Fsp3) is 0.606. The highest BCUT2D eigenvalue weighted by atomic mass is 16.1. The number of amides is 1. The maximum Gasteiger partial charge on any atom is 0.232 e. The summed E-state index contributed by atoms with van der Waals surface area (Å²) in [4.78, 5) is 15.8. The Morgan fingerprint density at radius 3 is 1.81 bits per heavy atom. The molecule has 2 fully saturated rings. The Morgan fingerprint density at radius 2 is 1.27 bits per heavy atom. The Hall–Kier alpha value is -2.17. The molecule has 37 heavy (non-hydrogen) atoms. The lowest BCUT2D eigenvalue weighted by Crippen LogP contribution is -2.51. The van der Waals surface area contributed by atoms with Crippen molar-refractivity contribution in [1.29, 1.82) is 0 Å². The van der Waals surface area contributed by atoms with Gasteiger partial charge in [0.25, 0.3) is 0 Å². The van der Waals surface area contributed by atoms with Crippen LogP contribution in [0.5, 0.6) is 0 Å². The molecule has 0 spiro atoms. The van der Waals surface area contributed by atoms with Crippen LogP contribution in [-0.2, 0) is 10.2 Å². The van der Waals surface area contributed by atoms with Gasteiger partial charge >= 0.3 is 0 Å². The van der Waals surface area contributed by atoms with E-state index in [1.165, 1.54) is 83.7 Å². The minimum absolute atomic E-state index is 0.217. The summed E-state index contributed by atoms with van der Waals surface area (Å²) in [5.74, 6) is -0.00752. The van der Waals surface area contributed by atoms with Crippen molar-refractivity contribution in [2.45, 2.75) is 94.9 Å². The first-order valence-electron chi connectivity index (χ1n) is 15.1. The number of likely N-dealkylation sites (tertiary alicyclic amines) is 1. The third kappa shape index (κ3) is 7.45. The van der Waals surface area contributed by atoms with Gasteiger partial charge in [0.1, 0.15) is 5.41 Å². The Morgan fingerprint density at radius 1 is 0.757 bits per heavy atom. The largest absolute Gasteiger partial charge is 0.369 e. The van der Waals surface area contributed by atoms with E-state index in [-0.39, 0.29) is 11.8 Å². The predicted molar refractivity (Wildman–Crippen MR) is 155 cm³/mol. The van der Waals surface area contributed by atoms with Crippen molar-refractivity contribution < 1.29 is 4.79 Å².